The lowest BCUT2D eigenvalue weighted by Gasteiger charge is -2.31. The maximum atomic E-state index is 12.8. The van der Waals surface area contributed by atoms with E-state index in [1.807, 2.05) is 53.4 Å². The molecule has 0 spiro atoms. The zero-order valence-corrected chi connectivity index (χ0v) is 19.0. The van der Waals surface area contributed by atoms with Crippen molar-refractivity contribution >= 4 is 27.7 Å². The highest BCUT2D eigenvalue weighted by atomic mass is 79.9. The number of hydrogen-bond acceptors (Lipinski definition) is 2. The van der Waals surface area contributed by atoms with Crippen molar-refractivity contribution in [1.29, 1.82) is 0 Å². The standard InChI is InChI=1S/C24H29BrN2O2/c1-24(2,3)20-8-6-19(7-9-20)23(29)27-14-12-18(13-15-27)22(28)26-16-17-4-10-21(25)11-5-17/h4-11,18H,12-16H2,1-3H3,(H,26,28). The Morgan fingerprint density at radius 1 is 1.00 bits per heavy atom. The molecule has 1 aliphatic rings. The van der Waals surface area contributed by atoms with Crippen LogP contribution in [0.3, 0.4) is 0 Å². The van der Waals surface area contributed by atoms with E-state index in [1.54, 1.807) is 0 Å². The molecule has 2 amide bonds. The van der Waals surface area contributed by atoms with Gasteiger partial charge in [0.25, 0.3) is 5.91 Å². The summed E-state index contributed by atoms with van der Waals surface area (Å²) in [6, 6.07) is 15.8. The number of likely N-dealkylation sites (tertiary alicyclic amines) is 1. The number of rotatable bonds is 4. The molecular formula is C24H29BrN2O2. The molecule has 0 bridgehead atoms. The van der Waals surface area contributed by atoms with Crippen LogP contribution in [-0.2, 0) is 16.8 Å². The van der Waals surface area contributed by atoms with Gasteiger partial charge in [0, 0.05) is 35.6 Å². The highest BCUT2D eigenvalue weighted by molar-refractivity contribution is 9.10. The summed E-state index contributed by atoms with van der Waals surface area (Å²) < 4.78 is 1.03. The van der Waals surface area contributed by atoms with Crippen molar-refractivity contribution < 1.29 is 9.59 Å². The predicted molar refractivity (Wildman–Crippen MR) is 120 cm³/mol. The van der Waals surface area contributed by atoms with Gasteiger partial charge in [-0.15, -0.1) is 0 Å². The molecule has 0 atom stereocenters. The zero-order valence-electron chi connectivity index (χ0n) is 17.4. The van der Waals surface area contributed by atoms with Crippen LogP contribution in [0.1, 0.15) is 55.1 Å². The molecule has 2 aromatic rings. The van der Waals surface area contributed by atoms with Gasteiger partial charge < -0.3 is 10.2 Å². The van der Waals surface area contributed by atoms with Gasteiger partial charge in [-0.1, -0.05) is 61.0 Å². The summed E-state index contributed by atoms with van der Waals surface area (Å²) in [7, 11) is 0. The summed E-state index contributed by atoms with van der Waals surface area (Å²) in [5, 5.41) is 3.03. The topological polar surface area (TPSA) is 49.4 Å². The van der Waals surface area contributed by atoms with Crippen molar-refractivity contribution in [1.82, 2.24) is 10.2 Å². The third kappa shape index (κ3) is 5.69. The van der Waals surface area contributed by atoms with E-state index in [-0.39, 0.29) is 23.1 Å². The smallest absolute Gasteiger partial charge is 0.253 e. The number of carbonyl (C=O) groups excluding carboxylic acids is 2. The molecule has 29 heavy (non-hydrogen) atoms. The van der Waals surface area contributed by atoms with Crippen LogP contribution in [-0.4, -0.2) is 29.8 Å². The van der Waals surface area contributed by atoms with E-state index in [1.165, 1.54) is 5.56 Å². The molecule has 1 fully saturated rings. The number of nitrogens with zero attached hydrogens (tertiary/aromatic N) is 1. The first-order valence-electron chi connectivity index (χ1n) is 10.2. The summed E-state index contributed by atoms with van der Waals surface area (Å²) in [4.78, 5) is 27.2. The fraction of sp³-hybridized carbons (Fsp3) is 0.417. The molecule has 2 aromatic carbocycles. The normalized spacial score (nSPS) is 15.2. The number of hydrogen-bond donors (Lipinski definition) is 1. The Morgan fingerprint density at radius 3 is 2.14 bits per heavy atom. The summed E-state index contributed by atoms with van der Waals surface area (Å²) in [5.74, 6) is 0.103. The van der Waals surface area contributed by atoms with Gasteiger partial charge in [0.15, 0.2) is 0 Å². The van der Waals surface area contributed by atoms with Crippen molar-refractivity contribution in [2.45, 2.75) is 45.6 Å². The number of halogens is 1. The summed E-state index contributed by atoms with van der Waals surface area (Å²) >= 11 is 3.41. The van der Waals surface area contributed by atoms with E-state index in [0.29, 0.717) is 32.5 Å². The van der Waals surface area contributed by atoms with E-state index in [2.05, 4.69) is 42.0 Å². The molecule has 0 aliphatic carbocycles. The van der Waals surface area contributed by atoms with Gasteiger partial charge in [0.05, 0.1) is 0 Å². The van der Waals surface area contributed by atoms with Crippen molar-refractivity contribution in [3.8, 4) is 0 Å². The number of amides is 2. The van der Waals surface area contributed by atoms with Crippen molar-refractivity contribution in [3.05, 3.63) is 69.7 Å². The fourth-order valence-electron chi connectivity index (χ4n) is 3.58. The van der Waals surface area contributed by atoms with Gasteiger partial charge in [0.1, 0.15) is 0 Å². The van der Waals surface area contributed by atoms with Crippen LogP contribution < -0.4 is 5.32 Å². The minimum absolute atomic E-state index is 0.0298. The number of piperidine rings is 1. The fourth-order valence-corrected chi connectivity index (χ4v) is 3.84. The second-order valence-electron chi connectivity index (χ2n) is 8.74. The summed E-state index contributed by atoms with van der Waals surface area (Å²) in [5.41, 5.74) is 3.09. The van der Waals surface area contributed by atoms with E-state index in [4.69, 9.17) is 0 Å². The molecule has 3 rings (SSSR count). The molecule has 1 saturated heterocycles. The maximum absolute atomic E-state index is 12.8. The molecular weight excluding hydrogens is 428 g/mol. The molecule has 1 aliphatic heterocycles. The number of nitrogens with one attached hydrogen (secondary N) is 1. The number of carbonyl (C=O) groups is 2. The molecule has 154 valence electrons. The molecule has 0 aromatic heterocycles. The average molecular weight is 457 g/mol. The Hall–Kier alpha value is -2.14. The van der Waals surface area contributed by atoms with Gasteiger partial charge in [-0.25, -0.2) is 0 Å². The van der Waals surface area contributed by atoms with Crippen LogP contribution in [0.2, 0.25) is 0 Å². The highest BCUT2D eigenvalue weighted by Crippen LogP contribution is 2.24. The first kappa shape index (κ1) is 21.6. The Balaban J connectivity index is 1.49. The third-order valence-electron chi connectivity index (χ3n) is 5.53. The minimum Gasteiger partial charge on any atom is -0.352 e. The zero-order chi connectivity index (χ0) is 21.0. The first-order chi connectivity index (χ1) is 13.7. The average Bonchev–Trinajstić information content (AvgIpc) is 2.72. The summed E-state index contributed by atoms with van der Waals surface area (Å²) in [6.45, 7) is 8.26. The molecule has 0 radical (unpaired) electrons. The van der Waals surface area contributed by atoms with Gasteiger partial charge >= 0.3 is 0 Å². The number of benzene rings is 2. The van der Waals surface area contributed by atoms with Gasteiger partial charge in [-0.2, -0.15) is 0 Å². The van der Waals surface area contributed by atoms with Crippen LogP contribution in [0.25, 0.3) is 0 Å². The molecule has 0 unspecified atom stereocenters. The largest absolute Gasteiger partial charge is 0.352 e. The maximum Gasteiger partial charge on any atom is 0.253 e. The molecule has 0 saturated carbocycles. The van der Waals surface area contributed by atoms with E-state index in [0.717, 1.165) is 15.6 Å². The monoisotopic (exact) mass is 456 g/mol. The van der Waals surface area contributed by atoms with Gasteiger partial charge in [-0.3, -0.25) is 9.59 Å². The molecule has 4 nitrogen and oxygen atoms in total. The first-order valence-corrected chi connectivity index (χ1v) is 11.0. The second kappa shape index (κ2) is 9.12. The Morgan fingerprint density at radius 2 is 1.59 bits per heavy atom. The van der Waals surface area contributed by atoms with E-state index >= 15 is 0 Å². The van der Waals surface area contributed by atoms with Gasteiger partial charge in [0.2, 0.25) is 5.91 Å². The Bertz CT molecular complexity index is 846. The van der Waals surface area contributed by atoms with E-state index < -0.39 is 0 Å². The molecule has 1 heterocycles. The minimum atomic E-state index is -0.0298. The SMILES string of the molecule is CC(C)(C)c1ccc(C(=O)N2CCC(C(=O)NCc3ccc(Br)cc3)CC2)cc1. The van der Waals surface area contributed by atoms with Crippen molar-refractivity contribution in [2.75, 3.05) is 13.1 Å². The lowest BCUT2D eigenvalue weighted by molar-refractivity contribution is -0.126. The van der Waals surface area contributed by atoms with Crippen molar-refractivity contribution in [2.24, 2.45) is 5.92 Å². The highest BCUT2D eigenvalue weighted by Gasteiger charge is 2.28. The Labute approximate surface area is 181 Å². The van der Waals surface area contributed by atoms with E-state index in [9.17, 15) is 9.59 Å². The van der Waals surface area contributed by atoms with Crippen molar-refractivity contribution in [3.63, 3.8) is 0 Å². The third-order valence-corrected chi connectivity index (χ3v) is 6.06. The Kier molecular flexibility index (Phi) is 6.78. The summed E-state index contributed by atoms with van der Waals surface area (Å²) in [6.07, 6.45) is 1.41. The van der Waals surface area contributed by atoms with Crippen LogP contribution in [0, 0.1) is 5.92 Å². The lowest BCUT2D eigenvalue weighted by Crippen LogP contribution is -2.42. The van der Waals surface area contributed by atoms with Gasteiger partial charge in [-0.05, 0) is 53.6 Å². The van der Waals surface area contributed by atoms with Crippen LogP contribution in [0.5, 0.6) is 0 Å². The second-order valence-corrected chi connectivity index (χ2v) is 9.65. The van der Waals surface area contributed by atoms with Crippen LogP contribution >= 0.6 is 15.9 Å². The molecule has 1 N–H and O–H groups in total. The predicted octanol–water partition coefficient (Wildman–Crippen LogP) is 4.92. The molecule has 5 heteroatoms. The van der Waals surface area contributed by atoms with Crippen LogP contribution in [0.4, 0.5) is 0 Å². The quantitative estimate of drug-likeness (QED) is 0.709. The van der Waals surface area contributed by atoms with Crippen LogP contribution in [0.15, 0.2) is 53.0 Å². The lowest BCUT2D eigenvalue weighted by atomic mass is 9.86.